The maximum atomic E-state index is 12.3. The Labute approximate surface area is 153 Å². The molecule has 25 heavy (non-hydrogen) atoms. The van der Waals surface area contributed by atoms with Crippen LogP contribution in [0, 0.1) is 0 Å². The number of nitrogens with one attached hydrogen (secondary N) is 1. The van der Waals surface area contributed by atoms with Gasteiger partial charge in [-0.05, 0) is 36.6 Å². The normalized spacial score (nSPS) is 15.2. The van der Waals surface area contributed by atoms with Crippen molar-refractivity contribution in [2.45, 2.75) is 25.3 Å². The van der Waals surface area contributed by atoms with E-state index < -0.39 is 6.04 Å². The zero-order valence-corrected chi connectivity index (χ0v) is 14.7. The third-order valence-electron chi connectivity index (χ3n) is 4.19. The lowest BCUT2D eigenvalue weighted by molar-refractivity contribution is -0.119. The lowest BCUT2D eigenvalue weighted by Crippen LogP contribution is -2.35. The van der Waals surface area contributed by atoms with Crippen molar-refractivity contribution in [3.05, 3.63) is 60.2 Å². The number of anilines is 2. The molecule has 1 aliphatic heterocycles. The van der Waals surface area contributed by atoms with E-state index in [0.29, 0.717) is 12.1 Å². The maximum absolute atomic E-state index is 12.3. The minimum Gasteiger partial charge on any atom is -0.324 e. The smallest absolute Gasteiger partial charge is 0.245 e. The molecule has 3 N–H and O–H groups in total. The second-order valence-electron chi connectivity index (χ2n) is 5.93. The highest BCUT2D eigenvalue weighted by Crippen LogP contribution is 2.24. The molecule has 0 bridgehead atoms. The van der Waals surface area contributed by atoms with E-state index in [1.165, 1.54) is 0 Å². The molecule has 5 nitrogen and oxygen atoms in total. The van der Waals surface area contributed by atoms with Gasteiger partial charge in [0.05, 0.1) is 0 Å². The van der Waals surface area contributed by atoms with E-state index in [-0.39, 0.29) is 24.2 Å². The highest BCUT2D eigenvalue weighted by Gasteiger charge is 2.20. The van der Waals surface area contributed by atoms with Crippen LogP contribution in [0.25, 0.3) is 0 Å². The van der Waals surface area contributed by atoms with Crippen LogP contribution < -0.4 is 16.0 Å². The quantitative estimate of drug-likeness (QED) is 0.879. The SMILES string of the molecule is Cl.NC(C(=O)Nc1cccc(N2CCCCC2=O)c1)c1ccccc1. The average Bonchev–Trinajstić information content (AvgIpc) is 2.62. The number of nitrogens with two attached hydrogens (primary N) is 1. The Morgan fingerprint density at radius 1 is 1.08 bits per heavy atom. The number of carbonyl (C=O) groups excluding carboxylic acids is 2. The Morgan fingerprint density at radius 3 is 2.56 bits per heavy atom. The number of halogens is 1. The van der Waals surface area contributed by atoms with Gasteiger partial charge in [0.25, 0.3) is 0 Å². The number of rotatable bonds is 4. The summed E-state index contributed by atoms with van der Waals surface area (Å²) in [5.74, 6) is -0.144. The predicted octanol–water partition coefficient (Wildman–Crippen LogP) is 3.26. The van der Waals surface area contributed by atoms with Crippen molar-refractivity contribution in [2.24, 2.45) is 5.73 Å². The van der Waals surface area contributed by atoms with Crippen molar-refractivity contribution < 1.29 is 9.59 Å². The average molecular weight is 360 g/mol. The van der Waals surface area contributed by atoms with E-state index in [4.69, 9.17) is 5.73 Å². The topological polar surface area (TPSA) is 75.4 Å². The van der Waals surface area contributed by atoms with Crippen molar-refractivity contribution >= 4 is 35.6 Å². The summed E-state index contributed by atoms with van der Waals surface area (Å²) in [5, 5.41) is 2.83. The number of hydrogen-bond donors (Lipinski definition) is 2. The fourth-order valence-corrected chi connectivity index (χ4v) is 2.86. The first kappa shape index (κ1) is 19.0. The van der Waals surface area contributed by atoms with Gasteiger partial charge in [-0.25, -0.2) is 0 Å². The van der Waals surface area contributed by atoms with Crippen LogP contribution in [0.2, 0.25) is 0 Å². The first-order valence-electron chi connectivity index (χ1n) is 8.17. The van der Waals surface area contributed by atoms with Crippen LogP contribution in [0.15, 0.2) is 54.6 Å². The molecular formula is C19H22ClN3O2. The van der Waals surface area contributed by atoms with E-state index in [1.54, 1.807) is 11.0 Å². The number of hydrogen-bond acceptors (Lipinski definition) is 3. The summed E-state index contributed by atoms with van der Waals surface area (Å²) in [6.07, 6.45) is 2.52. The highest BCUT2D eigenvalue weighted by molar-refractivity contribution is 5.97. The summed E-state index contributed by atoms with van der Waals surface area (Å²) in [7, 11) is 0. The van der Waals surface area contributed by atoms with Gasteiger partial charge in [0.15, 0.2) is 0 Å². The molecule has 1 unspecified atom stereocenters. The molecule has 1 atom stereocenters. The van der Waals surface area contributed by atoms with Crippen LogP contribution >= 0.6 is 12.4 Å². The molecule has 1 aliphatic rings. The van der Waals surface area contributed by atoms with Gasteiger partial charge < -0.3 is 16.0 Å². The molecule has 0 saturated carbocycles. The molecule has 3 rings (SSSR count). The van der Waals surface area contributed by atoms with Gasteiger partial charge in [-0.15, -0.1) is 12.4 Å². The maximum Gasteiger partial charge on any atom is 0.245 e. The van der Waals surface area contributed by atoms with E-state index >= 15 is 0 Å². The molecular weight excluding hydrogens is 338 g/mol. The predicted molar refractivity (Wildman–Crippen MR) is 102 cm³/mol. The molecule has 6 heteroatoms. The summed E-state index contributed by atoms with van der Waals surface area (Å²) < 4.78 is 0. The standard InChI is InChI=1S/C19H21N3O2.ClH/c20-18(14-7-2-1-3-8-14)19(24)21-15-9-6-10-16(13-15)22-12-5-4-11-17(22)23;/h1-3,6-10,13,18H,4-5,11-12,20H2,(H,21,24);1H. The molecule has 0 radical (unpaired) electrons. The molecule has 0 spiro atoms. The van der Waals surface area contributed by atoms with Gasteiger partial charge in [-0.1, -0.05) is 36.4 Å². The number of amides is 2. The molecule has 0 aliphatic carbocycles. The second kappa shape index (κ2) is 8.65. The lowest BCUT2D eigenvalue weighted by atomic mass is 10.1. The van der Waals surface area contributed by atoms with Crippen LogP contribution in [0.5, 0.6) is 0 Å². The summed E-state index contributed by atoms with van der Waals surface area (Å²) in [4.78, 5) is 26.2. The van der Waals surface area contributed by atoms with Crippen molar-refractivity contribution in [1.29, 1.82) is 0 Å². The van der Waals surface area contributed by atoms with Gasteiger partial charge >= 0.3 is 0 Å². The Balaban J connectivity index is 0.00000225. The minimum absolute atomic E-state index is 0. The minimum atomic E-state index is -0.730. The fourth-order valence-electron chi connectivity index (χ4n) is 2.86. The molecule has 2 aromatic rings. The Kier molecular flexibility index (Phi) is 6.56. The molecule has 0 aromatic heterocycles. The third-order valence-corrected chi connectivity index (χ3v) is 4.19. The monoisotopic (exact) mass is 359 g/mol. The van der Waals surface area contributed by atoms with Gasteiger partial charge in [-0.2, -0.15) is 0 Å². The second-order valence-corrected chi connectivity index (χ2v) is 5.93. The number of carbonyl (C=O) groups is 2. The van der Waals surface area contributed by atoms with Crippen molar-refractivity contribution in [3.63, 3.8) is 0 Å². The molecule has 1 fully saturated rings. The van der Waals surface area contributed by atoms with E-state index in [0.717, 1.165) is 30.6 Å². The first-order chi connectivity index (χ1) is 11.6. The number of benzene rings is 2. The van der Waals surface area contributed by atoms with Crippen LogP contribution in [0.1, 0.15) is 30.9 Å². The Morgan fingerprint density at radius 2 is 1.84 bits per heavy atom. The van der Waals surface area contributed by atoms with Crippen LogP contribution in [0.3, 0.4) is 0 Å². The largest absolute Gasteiger partial charge is 0.324 e. The van der Waals surface area contributed by atoms with E-state index in [1.807, 2.05) is 48.5 Å². The van der Waals surface area contributed by atoms with Gasteiger partial charge in [-0.3, -0.25) is 9.59 Å². The number of nitrogens with zero attached hydrogens (tertiary/aromatic N) is 1. The lowest BCUT2D eigenvalue weighted by Gasteiger charge is -2.27. The summed E-state index contributed by atoms with van der Waals surface area (Å²) >= 11 is 0. The zero-order valence-electron chi connectivity index (χ0n) is 13.9. The summed E-state index contributed by atoms with van der Waals surface area (Å²) in [6, 6.07) is 15.8. The molecule has 2 amide bonds. The van der Waals surface area contributed by atoms with Crippen LogP contribution in [-0.2, 0) is 9.59 Å². The summed E-state index contributed by atoms with van der Waals surface area (Å²) in [6.45, 7) is 0.722. The highest BCUT2D eigenvalue weighted by atomic mass is 35.5. The number of piperidine rings is 1. The van der Waals surface area contributed by atoms with Gasteiger partial charge in [0, 0.05) is 24.3 Å². The fraction of sp³-hybridized carbons (Fsp3) is 0.263. The van der Waals surface area contributed by atoms with Crippen molar-refractivity contribution in [2.75, 3.05) is 16.8 Å². The molecule has 1 saturated heterocycles. The Bertz CT molecular complexity index is 736. The van der Waals surface area contributed by atoms with Gasteiger partial charge in [0.2, 0.25) is 11.8 Å². The molecule has 2 aromatic carbocycles. The zero-order chi connectivity index (χ0) is 16.9. The van der Waals surface area contributed by atoms with E-state index in [9.17, 15) is 9.59 Å². The van der Waals surface area contributed by atoms with Crippen LogP contribution in [0.4, 0.5) is 11.4 Å². The third kappa shape index (κ3) is 4.59. The van der Waals surface area contributed by atoms with E-state index in [2.05, 4.69) is 5.32 Å². The molecule has 1 heterocycles. The summed E-state index contributed by atoms with van der Waals surface area (Å²) in [5.41, 5.74) is 8.23. The van der Waals surface area contributed by atoms with Gasteiger partial charge in [0.1, 0.15) is 6.04 Å². The van der Waals surface area contributed by atoms with Crippen molar-refractivity contribution in [3.8, 4) is 0 Å². The van der Waals surface area contributed by atoms with Crippen molar-refractivity contribution in [1.82, 2.24) is 0 Å². The first-order valence-corrected chi connectivity index (χ1v) is 8.17. The Hall–Kier alpha value is -2.37. The molecule has 132 valence electrons. The van der Waals surface area contributed by atoms with Crippen LogP contribution in [-0.4, -0.2) is 18.4 Å².